The van der Waals surface area contributed by atoms with Crippen LogP contribution in [0.1, 0.15) is 41.7 Å². The molecule has 0 amide bonds. The van der Waals surface area contributed by atoms with Crippen LogP contribution in [0.2, 0.25) is 5.02 Å². The fourth-order valence-electron chi connectivity index (χ4n) is 3.11. The van der Waals surface area contributed by atoms with Crippen molar-refractivity contribution in [1.29, 1.82) is 0 Å². The van der Waals surface area contributed by atoms with E-state index in [2.05, 4.69) is 34.3 Å². The lowest BCUT2D eigenvalue weighted by atomic mass is 9.89. The van der Waals surface area contributed by atoms with E-state index >= 15 is 0 Å². The van der Waals surface area contributed by atoms with Crippen LogP contribution in [0.25, 0.3) is 0 Å². The molecule has 0 aromatic heterocycles. The number of hydrogen-bond acceptors (Lipinski definition) is 1. The lowest BCUT2D eigenvalue weighted by molar-refractivity contribution is -0.114. The highest BCUT2D eigenvalue weighted by molar-refractivity contribution is 6.32. The first-order chi connectivity index (χ1) is 8.76. The third kappa shape index (κ3) is 2.49. The van der Waals surface area contributed by atoms with Crippen molar-refractivity contribution in [2.24, 2.45) is 5.41 Å². The molecule has 1 aliphatic carbocycles. The maximum absolute atomic E-state index is 11.6. The molecule has 1 aromatic rings. The fraction of sp³-hybridized carbons (Fsp3) is 0.471. The summed E-state index contributed by atoms with van der Waals surface area (Å²) in [4.78, 5) is 11.6. The van der Waals surface area contributed by atoms with E-state index in [1.807, 2.05) is 0 Å². The molecule has 0 aliphatic heterocycles. The van der Waals surface area contributed by atoms with E-state index in [0.717, 1.165) is 29.0 Å². The van der Waals surface area contributed by atoms with Crippen LogP contribution < -0.4 is 0 Å². The molecule has 0 atom stereocenters. The van der Waals surface area contributed by atoms with E-state index in [1.165, 1.54) is 22.8 Å². The Morgan fingerprint density at radius 3 is 2.32 bits per heavy atom. The molecule has 1 aromatic carbocycles. The van der Waals surface area contributed by atoms with Crippen molar-refractivity contribution < 1.29 is 4.79 Å². The van der Waals surface area contributed by atoms with Crippen LogP contribution in [0.5, 0.6) is 0 Å². The van der Waals surface area contributed by atoms with Gasteiger partial charge >= 0.3 is 0 Å². The average Bonchev–Trinajstić information content (AvgIpc) is 2.68. The lowest BCUT2D eigenvalue weighted by Gasteiger charge is -2.16. The quantitative estimate of drug-likeness (QED) is 0.749. The first kappa shape index (κ1) is 14.3. The Hall–Kier alpha value is -1.08. The lowest BCUT2D eigenvalue weighted by Crippen LogP contribution is -2.10. The molecule has 0 unspecified atom stereocenters. The number of benzene rings is 1. The molecule has 1 nitrogen and oxygen atoms in total. The Morgan fingerprint density at radius 1 is 1.26 bits per heavy atom. The second kappa shape index (κ2) is 4.79. The van der Waals surface area contributed by atoms with Gasteiger partial charge in [0.15, 0.2) is 5.78 Å². The molecule has 2 rings (SSSR count). The largest absolute Gasteiger partial charge is 0.295 e. The molecule has 0 saturated heterocycles. The van der Waals surface area contributed by atoms with Crippen molar-refractivity contribution in [3.63, 3.8) is 0 Å². The maximum atomic E-state index is 11.6. The molecule has 2 heteroatoms. The third-order valence-electron chi connectivity index (χ3n) is 4.21. The number of hydrogen-bond donors (Lipinski definition) is 0. The van der Waals surface area contributed by atoms with E-state index in [0.29, 0.717) is 11.8 Å². The van der Waals surface area contributed by atoms with Crippen molar-refractivity contribution in [2.75, 3.05) is 0 Å². The fourth-order valence-corrected chi connectivity index (χ4v) is 3.44. The van der Waals surface area contributed by atoms with Gasteiger partial charge in [0, 0.05) is 11.4 Å². The monoisotopic (exact) mass is 276 g/mol. The summed E-state index contributed by atoms with van der Waals surface area (Å²) in [6.45, 7) is 12.3. The van der Waals surface area contributed by atoms with Crippen molar-refractivity contribution in [3.8, 4) is 0 Å². The first-order valence-corrected chi connectivity index (χ1v) is 7.09. The molecule has 0 heterocycles. The van der Waals surface area contributed by atoms with Crippen molar-refractivity contribution in [1.82, 2.24) is 0 Å². The zero-order valence-electron chi connectivity index (χ0n) is 12.2. The minimum Gasteiger partial charge on any atom is -0.295 e. The molecular weight excluding hydrogens is 256 g/mol. The van der Waals surface area contributed by atoms with Crippen LogP contribution >= 0.6 is 11.6 Å². The van der Waals surface area contributed by atoms with Crippen LogP contribution in [0, 0.1) is 19.3 Å². The third-order valence-corrected chi connectivity index (χ3v) is 4.72. The van der Waals surface area contributed by atoms with Gasteiger partial charge in [-0.15, -0.1) is 0 Å². The standard InChI is InChI=1S/C17H21ClO/c1-6-12(19)7-13-10(2)14-8-17(4,5)9-15(14)11(3)16(13)18/h6H,1,7-9H2,2-5H3. The zero-order chi connectivity index (χ0) is 14.4. The van der Waals surface area contributed by atoms with Gasteiger partial charge in [0.25, 0.3) is 0 Å². The minimum atomic E-state index is 0.0293. The van der Waals surface area contributed by atoms with Gasteiger partial charge in [-0.25, -0.2) is 0 Å². The Labute approximate surface area is 120 Å². The number of allylic oxidation sites excluding steroid dienone is 1. The van der Waals surface area contributed by atoms with Crippen LogP contribution in [-0.4, -0.2) is 5.78 Å². The van der Waals surface area contributed by atoms with Gasteiger partial charge in [-0.2, -0.15) is 0 Å². The van der Waals surface area contributed by atoms with E-state index in [4.69, 9.17) is 11.6 Å². The second-order valence-electron chi connectivity index (χ2n) is 6.36. The zero-order valence-corrected chi connectivity index (χ0v) is 12.9. The van der Waals surface area contributed by atoms with Crippen molar-refractivity contribution >= 4 is 17.4 Å². The van der Waals surface area contributed by atoms with Gasteiger partial charge in [0.2, 0.25) is 0 Å². The van der Waals surface area contributed by atoms with Gasteiger partial charge < -0.3 is 0 Å². The molecular formula is C17H21ClO. The van der Waals surface area contributed by atoms with E-state index < -0.39 is 0 Å². The second-order valence-corrected chi connectivity index (χ2v) is 6.74. The molecule has 0 spiro atoms. The first-order valence-electron chi connectivity index (χ1n) is 6.71. The predicted octanol–water partition coefficient (Wildman–Crippen LogP) is 4.38. The molecule has 0 saturated carbocycles. The topological polar surface area (TPSA) is 17.1 Å². The number of ketones is 1. The smallest absolute Gasteiger partial charge is 0.159 e. The number of halogens is 1. The van der Waals surface area contributed by atoms with Crippen molar-refractivity contribution in [3.05, 3.63) is 45.5 Å². The number of carbonyl (C=O) groups is 1. The van der Waals surface area contributed by atoms with Crippen LogP contribution in [-0.2, 0) is 24.1 Å². The normalized spacial score (nSPS) is 16.3. The summed E-state index contributed by atoms with van der Waals surface area (Å²) < 4.78 is 0. The van der Waals surface area contributed by atoms with Crippen LogP contribution in [0.3, 0.4) is 0 Å². The maximum Gasteiger partial charge on any atom is 0.159 e. The number of rotatable bonds is 3. The molecule has 0 bridgehead atoms. The van der Waals surface area contributed by atoms with Crippen LogP contribution in [0.4, 0.5) is 0 Å². The molecule has 0 N–H and O–H groups in total. The van der Waals surface area contributed by atoms with Crippen LogP contribution in [0.15, 0.2) is 12.7 Å². The summed E-state index contributed by atoms with van der Waals surface area (Å²) in [5, 5.41) is 0.768. The van der Waals surface area contributed by atoms with Gasteiger partial charge in [0.05, 0.1) is 0 Å². The molecule has 102 valence electrons. The minimum absolute atomic E-state index is 0.0293. The summed E-state index contributed by atoms with van der Waals surface area (Å²) in [6.07, 6.45) is 3.89. The molecule has 1 aliphatic rings. The average molecular weight is 277 g/mol. The summed E-state index contributed by atoms with van der Waals surface area (Å²) in [7, 11) is 0. The number of fused-ring (bicyclic) bond motifs is 1. The molecule has 0 fully saturated rings. The summed E-state index contributed by atoms with van der Waals surface area (Å²) >= 11 is 6.49. The summed E-state index contributed by atoms with van der Waals surface area (Å²) in [5.41, 5.74) is 6.43. The summed E-state index contributed by atoms with van der Waals surface area (Å²) in [5.74, 6) is 0.0293. The Kier molecular flexibility index (Phi) is 3.61. The number of carbonyl (C=O) groups excluding carboxylic acids is 1. The van der Waals surface area contributed by atoms with Gasteiger partial charge in [-0.3, -0.25) is 4.79 Å². The van der Waals surface area contributed by atoms with E-state index in [9.17, 15) is 4.79 Å². The Morgan fingerprint density at radius 2 is 1.79 bits per heavy atom. The Bertz CT molecular complexity index is 567. The highest BCUT2D eigenvalue weighted by atomic mass is 35.5. The SMILES string of the molecule is C=CC(=O)Cc1c(C)c2c(c(C)c1Cl)CC(C)(C)C2. The predicted molar refractivity (Wildman–Crippen MR) is 81.0 cm³/mol. The van der Waals surface area contributed by atoms with Gasteiger partial charge in [-0.1, -0.05) is 32.0 Å². The van der Waals surface area contributed by atoms with Crippen molar-refractivity contribution in [2.45, 2.75) is 47.0 Å². The molecule has 19 heavy (non-hydrogen) atoms. The van der Waals surface area contributed by atoms with Gasteiger partial charge in [0.1, 0.15) is 0 Å². The van der Waals surface area contributed by atoms with E-state index in [-0.39, 0.29) is 5.78 Å². The summed E-state index contributed by atoms with van der Waals surface area (Å²) in [6, 6.07) is 0. The Balaban J connectivity index is 2.58. The molecule has 0 radical (unpaired) electrons. The van der Waals surface area contributed by atoms with Gasteiger partial charge in [-0.05, 0) is 66.0 Å². The highest BCUT2D eigenvalue weighted by Gasteiger charge is 2.32. The van der Waals surface area contributed by atoms with E-state index in [1.54, 1.807) is 0 Å². The highest BCUT2D eigenvalue weighted by Crippen LogP contribution is 2.43.